The highest BCUT2D eigenvalue weighted by Crippen LogP contribution is 2.29. The molecule has 2 amide bonds. The quantitative estimate of drug-likeness (QED) is 0.461. The summed E-state index contributed by atoms with van der Waals surface area (Å²) in [5.41, 5.74) is 6.99. The first-order valence-corrected chi connectivity index (χ1v) is 10.9. The zero-order chi connectivity index (χ0) is 21.9. The zero-order valence-electron chi connectivity index (χ0n) is 16.9. The lowest BCUT2D eigenvalue weighted by molar-refractivity contribution is 0.0844. The lowest BCUT2D eigenvalue weighted by Gasteiger charge is -2.25. The number of benzene rings is 2. The predicted molar refractivity (Wildman–Crippen MR) is 120 cm³/mol. The topological polar surface area (TPSA) is 110 Å². The molecule has 10 heteroatoms. The normalized spacial score (nSPS) is 13.8. The number of morpholine rings is 1. The number of carbonyl (C=O) groups excluding carboxylic acids is 2. The van der Waals surface area contributed by atoms with Gasteiger partial charge in [0.25, 0.3) is 11.8 Å². The predicted octanol–water partition coefficient (Wildman–Crippen LogP) is 2.86. The van der Waals surface area contributed by atoms with E-state index in [2.05, 4.69) is 25.9 Å². The maximum atomic E-state index is 12.6. The molecule has 3 heterocycles. The van der Waals surface area contributed by atoms with Gasteiger partial charge < -0.3 is 14.2 Å². The number of carbonyl (C=O) groups is 2. The number of fused-ring (bicyclic) bond motifs is 1. The van der Waals surface area contributed by atoms with Crippen molar-refractivity contribution in [1.82, 2.24) is 21.0 Å². The number of rotatable bonds is 4. The number of hydrogen-bond donors (Lipinski definition) is 2. The molecular formula is C22H19N5O4S. The van der Waals surface area contributed by atoms with Gasteiger partial charge in [0.05, 0.1) is 18.6 Å². The molecule has 0 atom stereocenters. The first-order chi connectivity index (χ1) is 15.7. The van der Waals surface area contributed by atoms with E-state index in [4.69, 9.17) is 9.26 Å². The molecule has 1 aliphatic rings. The van der Waals surface area contributed by atoms with Crippen LogP contribution in [0, 0.1) is 0 Å². The van der Waals surface area contributed by atoms with Crippen LogP contribution in [0.2, 0.25) is 0 Å². The zero-order valence-corrected chi connectivity index (χ0v) is 17.7. The Morgan fingerprint density at radius 1 is 1.00 bits per heavy atom. The molecule has 162 valence electrons. The highest BCUT2D eigenvalue weighted by Gasteiger charge is 2.19. The molecule has 0 saturated carbocycles. The van der Waals surface area contributed by atoms with Crippen molar-refractivity contribution in [2.45, 2.75) is 0 Å². The van der Waals surface area contributed by atoms with Crippen LogP contribution in [-0.4, -0.2) is 48.3 Å². The third-order valence-electron chi connectivity index (χ3n) is 5.07. The Bertz CT molecular complexity index is 1260. The van der Waals surface area contributed by atoms with Crippen LogP contribution in [0.5, 0.6) is 0 Å². The molecule has 1 fully saturated rings. The molecule has 2 N–H and O–H groups in total. The maximum absolute atomic E-state index is 12.6. The molecule has 2 aromatic heterocycles. The van der Waals surface area contributed by atoms with Crippen molar-refractivity contribution >= 4 is 39.2 Å². The minimum atomic E-state index is -0.481. The standard InChI is InChI=1S/C22H19N5O4S/c28-20(24-25-21(29)18-13-32-22(23-18)27-8-10-30-11-9-27)15-6-7-17-16(12-15)19(31-26-17)14-4-2-1-3-5-14/h1-7,12-13H,8-11H2,(H,24,28)(H,25,29). The summed E-state index contributed by atoms with van der Waals surface area (Å²) < 4.78 is 10.8. The third kappa shape index (κ3) is 4.05. The Morgan fingerprint density at radius 2 is 1.78 bits per heavy atom. The molecule has 1 aliphatic heterocycles. The van der Waals surface area contributed by atoms with E-state index in [1.807, 2.05) is 30.3 Å². The van der Waals surface area contributed by atoms with E-state index in [-0.39, 0.29) is 5.69 Å². The number of anilines is 1. The number of nitrogens with one attached hydrogen (secondary N) is 2. The van der Waals surface area contributed by atoms with E-state index in [0.717, 1.165) is 23.8 Å². The average Bonchev–Trinajstić information content (AvgIpc) is 3.51. The number of ether oxygens (including phenoxy) is 1. The fraction of sp³-hybridized carbons (Fsp3) is 0.182. The summed E-state index contributed by atoms with van der Waals surface area (Å²) in [6.07, 6.45) is 0. The van der Waals surface area contributed by atoms with Gasteiger partial charge in [0, 0.05) is 29.6 Å². The second-order valence-electron chi connectivity index (χ2n) is 7.13. The number of hydrogen-bond acceptors (Lipinski definition) is 8. The first kappa shape index (κ1) is 20.2. The van der Waals surface area contributed by atoms with Gasteiger partial charge >= 0.3 is 0 Å². The molecule has 0 bridgehead atoms. The lowest BCUT2D eigenvalue weighted by Crippen LogP contribution is -2.41. The molecular weight excluding hydrogens is 430 g/mol. The first-order valence-electron chi connectivity index (χ1n) is 10.0. The number of thiazole rings is 1. The SMILES string of the molecule is O=C(NNC(=O)c1csc(N2CCOCC2)n1)c1ccc2noc(-c3ccccc3)c2c1. The second kappa shape index (κ2) is 8.77. The smallest absolute Gasteiger partial charge is 0.289 e. The second-order valence-corrected chi connectivity index (χ2v) is 7.97. The van der Waals surface area contributed by atoms with Gasteiger partial charge in [-0.25, -0.2) is 4.98 Å². The molecule has 9 nitrogen and oxygen atoms in total. The van der Waals surface area contributed by atoms with E-state index in [0.29, 0.717) is 35.4 Å². The van der Waals surface area contributed by atoms with E-state index in [1.54, 1.807) is 23.6 Å². The van der Waals surface area contributed by atoms with Gasteiger partial charge in [0.2, 0.25) is 0 Å². The maximum Gasteiger partial charge on any atom is 0.289 e. The van der Waals surface area contributed by atoms with E-state index >= 15 is 0 Å². The number of amides is 2. The third-order valence-corrected chi connectivity index (χ3v) is 5.97. The summed E-state index contributed by atoms with van der Waals surface area (Å²) in [5, 5.41) is 7.20. The summed E-state index contributed by atoms with van der Waals surface area (Å²) in [6.45, 7) is 2.75. The van der Waals surface area contributed by atoms with Crippen molar-refractivity contribution in [2.24, 2.45) is 0 Å². The van der Waals surface area contributed by atoms with Crippen molar-refractivity contribution in [3.63, 3.8) is 0 Å². The van der Waals surface area contributed by atoms with Gasteiger partial charge in [-0.2, -0.15) is 0 Å². The van der Waals surface area contributed by atoms with Gasteiger partial charge in [-0.05, 0) is 18.2 Å². The molecule has 2 aromatic carbocycles. The molecule has 0 unspecified atom stereocenters. The molecule has 0 spiro atoms. The van der Waals surface area contributed by atoms with Crippen molar-refractivity contribution in [2.75, 3.05) is 31.2 Å². The summed E-state index contributed by atoms with van der Waals surface area (Å²) in [4.78, 5) is 31.5. The summed E-state index contributed by atoms with van der Waals surface area (Å²) in [6, 6.07) is 14.6. The van der Waals surface area contributed by atoms with Crippen LogP contribution in [0.15, 0.2) is 58.4 Å². The molecule has 32 heavy (non-hydrogen) atoms. The lowest BCUT2D eigenvalue weighted by atomic mass is 10.1. The molecule has 1 saturated heterocycles. The van der Waals surface area contributed by atoms with Crippen molar-refractivity contribution in [1.29, 1.82) is 0 Å². The number of aromatic nitrogens is 2. The minimum Gasteiger partial charge on any atom is -0.378 e. The van der Waals surface area contributed by atoms with Crippen LogP contribution in [-0.2, 0) is 4.74 Å². The monoisotopic (exact) mass is 449 g/mol. The van der Waals surface area contributed by atoms with Crippen molar-refractivity contribution < 1.29 is 18.8 Å². The minimum absolute atomic E-state index is 0.248. The van der Waals surface area contributed by atoms with Gasteiger partial charge in [0.15, 0.2) is 10.9 Å². The Morgan fingerprint density at radius 3 is 2.59 bits per heavy atom. The van der Waals surface area contributed by atoms with Crippen LogP contribution in [0.3, 0.4) is 0 Å². The average molecular weight is 449 g/mol. The van der Waals surface area contributed by atoms with Crippen LogP contribution < -0.4 is 15.8 Å². The fourth-order valence-corrected chi connectivity index (χ4v) is 4.26. The van der Waals surface area contributed by atoms with Gasteiger partial charge in [-0.3, -0.25) is 20.4 Å². The Labute approximate surface area is 187 Å². The van der Waals surface area contributed by atoms with Gasteiger partial charge in [-0.1, -0.05) is 35.5 Å². The Hall–Kier alpha value is -3.76. The summed E-state index contributed by atoms with van der Waals surface area (Å²) in [7, 11) is 0. The van der Waals surface area contributed by atoms with E-state index in [9.17, 15) is 9.59 Å². The Balaban J connectivity index is 1.27. The Kier molecular flexibility index (Phi) is 5.53. The van der Waals surface area contributed by atoms with Crippen LogP contribution in [0.25, 0.3) is 22.2 Å². The van der Waals surface area contributed by atoms with Crippen LogP contribution >= 0.6 is 11.3 Å². The molecule has 5 rings (SSSR count). The number of hydrazine groups is 1. The van der Waals surface area contributed by atoms with Crippen molar-refractivity contribution in [3.05, 3.63) is 65.2 Å². The highest BCUT2D eigenvalue weighted by molar-refractivity contribution is 7.13. The molecule has 0 radical (unpaired) electrons. The largest absolute Gasteiger partial charge is 0.378 e. The fourth-order valence-electron chi connectivity index (χ4n) is 3.40. The molecule has 0 aliphatic carbocycles. The van der Waals surface area contributed by atoms with Crippen molar-refractivity contribution in [3.8, 4) is 11.3 Å². The van der Waals surface area contributed by atoms with Crippen LogP contribution in [0.1, 0.15) is 20.8 Å². The molecule has 4 aromatic rings. The number of nitrogens with zero attached hydrogens (tertiary/aromatic N) is 3. The van der Waals surface area contributed by atoms with E-state index < -0.39 is 11.8 Å². The van der Waals surface area contributed by atoms with Gasteiger partial charge in [-0.15, -0.1) is 11.3 Å². The van der Waals surface area contributed by atoms with Crippen LogP contribution in [0.4, 0.5) is 5.13 Å². The van der Waals surface area contributed by atoms with E-state index in [1.165, 1.54) is 11.3 Å². The summed E-state index contributed by atoms with van der Waals surface area (Å²) in [5.74, 6) is -0.355. The highest BCUT2D eigenvalue weighted by atomic mass is 32.1. The van der Waals surface area contributed by atoms with Gasteiger partial charge in [0.1, 0.15) is 11.2 Å². The summed E-state index contributed by atoms with van der Waals surface area (Å²) >= 11 is 1.39.